The van der Waals surface area contributed by atoms with Gasteiger partial charge in [-0.15, -0.1) is 0 Å². The fraction of sp³-hybridized carbons (Fsp3) is 0.455. The van der Waals surface area contributed by atoms with Gasteiger partial charge in [-0.2, -0.15) is 0 Å². The van der Waals surface area contributed by atoms with E-state index in [0.717, 1.165) is 46.3 Å². The smallest absolute Gasteiger partial charge is 0.241 e. The van der Waals surface area contributed by atoms with Crippen LogP contribution in [0.2, 0.25) is 0 Å². The molecule has 0 spiro atoms. The summed E-state index contributed by atoms with van der Waals surface area (Å²) in [5, 5.41) is 10.6. The van der Waals surface area contributed by atoms with E-state index >= 15 is 0 Å². The van der Waals surface area contributed by atoms with Crippen LogP contribution >= 0.6 is 0 Å². The van der Waals surface area contributed by atoms with Crippen molar-refractivity contribution in [2.45, 2.75) is 52.0 Å². The first-order chi connectivity index (χ1) is 13.0. The Balaban J connectivity index is 1.83. The summed E-state index contributed by atoms with van der Waals surface area (Å²) in [4.78, 5) is 2.51. The van der Waals surface area contributed by atoms with Gasteiger partial charge in [-0.1, -0.05) is 12.1 Å². The standard InChI is InChI=1S/C22H30N2O3S/c1-13-14(2)16(4)22(17(5)15(13)3)28(26,27)23-12-21(25)19-7-8-20-18(11-19)9-10-24(20)6/h7-8,11,21,23,25H,9-10,12H2,1-6H3. The van der Waals surface area contributed by atoms with Crippen LogP contribution in [0.15, 0.2) is 23.1 Å². The van der Waals surface area contributed by atoms with Crippen molar-refractivity contribution in [1.29, 1.82) is 0 Å². The van der Waals surface area contributed by atoms with Gasteiger partial charge in [0.1, 0.15) is 0 Å². The number of sulfonamides is 1. The minimum Gasteiger partial charge on any atom is -0.387 e. The molecule has 1 aliphatic rings. The molecular formula is C22H30N2O3S. The minimum absolute atomic E-state index is 0.0538. The topological polar surface area (TPSA) is 69.6 Å². The van der Waals surface area contributed by atoms with Crippen molar-refractivity contribution in [3.8, 4) is 0 Å². The van der Waals surface area contributed by atoms with Gasteiger partial charge in [0.2, 0.25) is 10.0 Å². The van der Waals surface area contributed by atoms with Crippen LogP contribution in [-0.4, -0.2) is 33.7 Å². The van der Waals surface area contributed by atoms with Crippen LogP contribution in [0.4, 0.5) is 5.69 Å². The van der Waals surface area contributed by atoms with E-state index in [9.17, 15) is 13.5 Å². The lowest BCUT2D eigenvalue weighted by atomic mass is 9.95. The van der Waals surface area contributed by atoms with Crippen LogP contribution < -0.4 is 9.62 Å². The average Bonchev–Trinajstić information content (AvgIpc) is 3.03. The molecular weight excluding hydrogens is 372 g/mol. The lowest BCUT2D eigenvalue weighted by Gasteiger charge is -2.20. The Bertz CT molecular complexity index is 1000. The van der Waals surface area contributed by atoms with Crippen molar-refractivity contribution < 1.29 is 13.5 Å². The lowest BCUT2D eigenvalue weighted by Crippen LogP contribution is -2.30. The highest BCUT2D eigenvalue weighted by molar-refractivity contribution is 7.89. The number of likely N-dealkylation sites (N-methyl/N-ethyl adjacent to an activating group) is 1. The Hall–Kier alpha value is -1.89. The highest BCUT2D eigenvalue weighted by Gasteiger charge is 2.25. The Morgan fingerprint density at radius 1 is 1.04 bits per heavy atom. The molecule has 3 rings (SSSR count). The maximum Gasteiger partial charge on any atom is 0.241 e. The second-order valence-corrected chi connectivity index (χ2v) is 9.59. The normalized spacial score (nSPS) is 15.0. The molecule has 1 aliphatic heterocycles. The molecule has 2 aromatic rings. The monoisotopic (exact) mass is 402 g/mol. The molecule has 1 atom stereocenters. The van der Waals surface area contributed by atoms with E-state index < -0.39 is 16.1 Å². The predicted octanol–water partition coefficient (Wildman–Crippen LogP) is 3.23. The zero-order valence-corrected chi connectivity index (χ0v) is 18.4. The number of fused-ring (bicyclic) bond motifs is 1. The fourth-order valence-electron chi connectivity index (χ4n) is 4.04. The first kappa shape index (κ1) is 20.8. The van der Waals surface area contributed by atoms with Crippen LogP contribution in [0.3, 0.4) is 0 Å². The summed E-state index contributed by atoms with van der Waals surface area (Å²) in [6, 6.07) is 5.85. The number of nitrogens with one attached hydrogen (secondary N) is 1. The van der Waals surface area contributed by atoms with Crippen LogP contribution in [0.1, 0.15) is 45.0 Å². The third-order valence-electron chi connectivity index (χ3n) is 6.28. The quantitative estimate of drug-likeness (QED) is 0.806. The van der Waals surface area contributed by atoms with Crippen LogP contribution in [0.5, 0.6) is 0 Å². The van der Waals surface area contributed by atoms with Crippen molar-refractivity contribution >= 4 is 15.7 Å². The van der Waals surface area contributed by atoms with Crippen molar-refractivity contribution in [2.24, 2.45) is 0 Å². The SMILES string of the molecule is Cc1c(C)c(C)c(S(=O)(=O)NCC(O)c2ccc3c(c2)CCN3C)c(C)c1C. The van der Waals surface area contributed by atoms with Crippen molar-refractivity contribution in [1.82, 2.24) is 4.72 Å². The van der Waals surface area contributed by atoms with E-state index in [1.165, 1.54) is 11.3 Å². The van der Waals surface area contributed by atoms with E-state index in [2.05, 4.69) is 9.62 Å². The third-order valence-corrected chi connectivity index (χ3v) is 7.98. The zero-order valence-electron chi connectivity index (χ0n) is 17.5. The molecule has 1 unspecified atom stereocenters. The lowest BCUT2D eigenvalue weighted by molar-refractivity contribution is 0.182. The molecule has 1 heterocycles. The van der Waals surface area contributed by atoms with Crippen molar-refractivity contribution in [2.75, 3.05) is 25.0 Å². The maximum absolute atomic E-state index is 13.0. The van der Waals surface area contributed by atoms with Gasteiger partial charge in [0.15, 0.2) is 0 Å². The van der Waals surface area contributed by atoms with Gasteiger partial charge in [-0.3, -0.25) is 0 Å². The van der Waals surface area contributed by atoms with E-state index in [1.54, 1.807) is 0 Å². The summed E-state index contributed by atoms with van der Waals surface area (Å²) in [6.07, 6.45) is 0.0533. The molecule has 0 bridgehead atoms. The molecule has 6 heteroatoms. The van der Waals surface area contributed by atoms with Crippen molar-refractivity contribution in [3.63, 3.8) is 0 Å². The number of nitrogens with zero attached hydrogens (tertiary/aromatic N) is 1. The molecule has 0 aromatic heterocycles. The number of hydrogen-bond donors (Lipinski definition) is 2. The summed E-state index contributed by atoms with van der Waals surface area (Å²) < 4.78 is 28.7. The molecule has 0 amide bonds. The number of aliphatic hydroxyl groups excluding tert-OH is 1. The molecule has 0 aliphatic carbocycles. The summed E-state index contributed by atoms with van der Waals surface area (Å²) in [6.45, 7) is 10.5. The van der Waals surface area contributed by atoms with Crippen LogP contribution in [0, 0.1) is 34.6 Å². The Morgan fingerprint density at radius 3 is 2.21 bits per heavy atom. The van der Waals surface area contributed by atoms with Gasteiger partial charge >= 0.3 is 0 Å². The van der Waals surface area contributed by atoms with Gasteiger partial charge in [0, 0.05) is 25.8 Å². The van der Waals surface area contributed by atoms with Gasteiger partial charge in [0.25, 0.3) is 0 Å². The molecule has 5 nitrogen and oxygen atoms in total. The first-order valence-corrected chi connectivity index (χ1v) is 11.1. The van der Waals surface area contributed by atoms with Crippen LogP contribution in [-0.2, 0) is 16.4 Å². The third kappa shape index (κ3) is 3.56. The van der Waals surface area contributed by atoms with Crippen molar-refractivity contribution in [3.05, 3.63) is 57.1 Å². The predicted molar refractivity (Wildman–Crippen MR) is 114 cm³/mol. The average molecular weight is 403 g/mol. The maximum atomic E-state index is 13.0. The summed E-state index contributed by atoms with van der Waals surface area (Å²) >= 11 is 0. The number of aliphatic hydroxyl groups is 1. The molecule has 0 radical (unpaired) electrons. The molecule has 0 saturated carbocycles. The van der Waals surface area contributed by atoms with E-state index in [-0.39, 0.29) is 6.54 Å². The molecule has 152 valence electrons. The molecule has 2 N–H and O–H groups in total. The number of benzene rings is 2. The summed E-state index contributed by atoms with van der Waals surface area (Å²) in [7, 11) is -1.68. The molecule has 0 fully saturated rings. The Kier molecular flexibility index (Phi) is 5.58. The largest absolute Gasteiger partial charge is 0.387 e. The van der Waals surface area contributed by atoms with Gasteiger partial charge in [-0.05, 0) is 86.1 Å². The molecule has 28 heavy (non-hydrogen) atoms. The second kappa shape index (κ2) is 7.50. The fourth-order valence-corrected chi connectivity index (χ4v) is 5.68. The Morgan fingerprint density at radius 2 is 1.61 bits per heavy atom. The molecule has 2 aromatic carbocycles. The van der Waals surface area contributed by atoms with E-state index in [4.69, 9.17) is 0 Å². The van der Waals surface area contributed by atoms with E-state index in [1.807, 2.05) is 59.9 Å². The summed E-state index contributed by atoms with van der Waals surface area (Å²) in [5.74, 6) is 0. The highest BCUT2D eigenvalue weighted by Crippen LogP contribution is 2.31. The van der Waals surface area contributed by atoms with Gasteiger partial charge in [0.05, 0.1) is 11.0 Å². The summed E-state index contributed by atoms with van der Waals surface area (Å²) in [5.41, 5.74) is 7.75. The van der Waals surface area contributed by atoms with Gasteiger partial charge < -0.3 is 10.0 Å². The zero-order chi connectivity index (χ0) is 20.8. The van der Waals surface area contributed by atoms with Crippen LogP contribution in [0.25, 0.3) is 0 Å². The first-order valence-electron chi connectivity index (χ1n) is 9.63. The minimum atomic E-state index is -3.72. The Labute approximate surface area is 168 Å². The molecule has 0 saturated heterocycles. The number of hydrogen-bond acceptors (Lipinski definition) is 4. The van der Waals surface area contributed by atoms with E-state index in [0.29, 0.717) is 4.90 Å². The highest BCUT2D eigenvalue weighted by atomic mass is 32.2. The second-order valence-electron chi connectivity index (χ2n) is 7.88. The number of rotatable bonds is 5. The van der Waals surface area contributed by atoms with Gasteiger partial charge in [-0.25, -0.2) is 13.1 Å². The number of anilines is 1.